The Bertz CT molecular complexity index is 968. The van der Waals surface area contributed by atoms with Gasteiger partial charge >= 0.3 is 0 Å². The van der Waals surface area contributed by atoms with Gasteiger partial charge in [-0.15, -0.1) is 0 Å². The van der Waals surface area contributed by atoms with Crippen LogP contribution in [0.4, 0.5) is 11.5 Å². The lowest BCUT2D eigenvalue weighted by Crippen LogP contribution is -2.16. The number of carbonyl (C=O) groups excluding carboxylic acids is 1. The molecule has 0 radical (unpaired) electrons. The Balaban J connectivity index is 1.92. The Morgan fingerprint density at radius 1 is 1.24 bits per heavy atom. The fourth-order valence-corrected chi connectivity index (χ4v) is 2.55. The first-order chi connectivity index (χ1) is 12.0. The van der Waals surface area contributed by atoms with Crippen LogP contribution in [0.1, 0.15) is 15.9 Å². The molecule has 3 rings (SSSR count). The molecule has 0 unspecified atom stereocenters. The summed E-state index contributed by atoms with van der Waals surface area (Å²) in [4.78, 5) is 22.9. The highest BCUT2D eigenvalue weighted by molar-refractivity contribution is 6.30. The molecular weight excluding hydrogens is 344 g/mol. The van der Waals surface area contributed by atoms with Gasteiger partial charge in [0.2, 0.25) is 0 Å². The minimum Gasteiger partial charge on any atom is -0.306 e. The Kier molecular flexibility index (Phi) is 4.49. The normalized spacial score (nSPS) is 10.5. The van der Waals surface area contributed by atoms with Gasteiger partial charge in [-0.2, -0.15) is 5.10 Å². The van der Waals surface area contributed by atoms with Gasteiger partial charge in [0, 0.05) is 28.8 Å². The van der Waals surface area contributed by atoms with Crippen LogP contribution in [0.25, 0.3) is 5.69 Å². The molecule has 0 spiro atoms. The van der Waals surface area contributed by atoms with Crippen molar-refractivity contribution in [2.24, 2.45) is 0 Å². The molecule has 8 heteroatoms. The van der Waals surface area contributed by atoms with Gasteiger partial charge < -0.3 is 5.32 Å². The first kappa shape index (κ1) is 16.7. The summed E-state index contributed by atoms with van der Waals surface area (Å²) in [6, 6.07) is 12.8. The number of hydrogen-bond acceptors (Lipinski definition) is 4. The Labute approximate surface area is 148 Å². The largest absolute Gasteiger partial charge is 0.306 e. The van der Waals surface area contributed by atoms with Crippen molar-refractivity contribution in [3.05, 3.63) is 81.0 Å². The number of rotatable bonds is 4. The van der Waals surface area contributed by atoms with E-state index in [4.69, 9.17) is 11.6 Å². The lowest BCUT2D eigenvalue weighted by Gasteiger charge is -2.10. The molecule has 0 saturated heterocycles. The lowest BCUT2D eigenvalue weighted by atomic mass is 10.1. The molecule has 1 aromatic heterocycles. The number of aryl methyl sites for hydroxylation is 1. The average Bonchev–Trinajstić information content (AvgIpc) is 3.03. The van der Waals surface area contributed by atoms with Crippen LogP contribution in [-0.4, -0.2) is 20.6 Å². The van der Waals surface area contributed by atoms with Gasteiger partial charge in [-0.25, -0.2) is 4.68 Å². The monoisotopic (exact) mass is 356 g/mol. The summed E-state index contributed by atoms with van der Waals surface area (Å²) in [5, 5.41) is 18.4. The molecule has 126 valence electrons. The molecule has 25 heavy (non-hydrogen) atoms. The molecule has 0 atom stereocenters. The van der Waals surface area contributed by atoms with Gasteiger partial charge in [0.05, 0.1) is 16.8 Å². The molecule has 1 heterocycles. The molecule has 0 saturated carbocycles. The summed E-state index contributed by atoms with van der Waals surface area (Å²) in [6.45, 7) is 1.72. The van der Waals surface area contributed by atoms with E-state index in [9.17, 15) is 14.9 Å². The van der Waals surface area contributed by atoms with E-state index in [0.717, 1.165) is 0 Å². The Hall–Kier alpha value is -3.19. The Morgan fingerprint density at radius 2 is 2.04 bits per heavy atom. The molecular formula is C17H13ClN4O3. The van der Waals surface area contributed by atoms with Crippen LogP contribution < -0.4 is 5.32 Å². The van der Waals surface area contributed by atoms with Crippen molar-refractivity contribution in [3.8, 4) is 5.69 Å². The van der Waals surface area contributed by atoms with Crippen molar-refractivity contribution in [1.29, 1.82) is 0 Å². The van der Waals surface area contributed by atoms with Crippen molar-refractivity contribution in [2.75, 3.05) is 5.32 Å². The second-order valence-electron chi connectivity index (χ2n) is 5.32. The maximum Gasteiger partial charge on any atom is 0.270 e. The number of halogens is 1. The SMILES string of the molecule is Cc1ccc([N+](=O)[O-])cc1C(=O)Nc1ccnn1-c1cccc(Cl)c1. The van der Waals surface area contributed by atoms with Crippen molar-refractivity contribution < 1.29 is 9.72 Å². The maximum atomic E-state index is 12.6. The van der Waals surface area contributed by atoms with E-state index in [1.807, 2.05) is 0 Å². The molecule has 1 amide bonds. The summed E-state index contributed by atoms with van der Waals surface area (Å²) in [5.74, 6) is -0.0249. The van der Waals surface area contributed by atoms with Gasteiger partial charge in [-0.3, -0.25) is 14.9 Å². The van der Waals surface area contributed by atoms with E-state index in [-0.39, 0.29) is 11.3 Å². The van der Waals surface area contributed by atoms with Crippen molar-refractivity contribution in [2.45, 2.75) is 6.92 Å². The summed E-state index contributed by atoms with van der Waals surface area (Å²) in [5.41, 5.74) is 1.41. The number of carbonyl (C=O) groups is 1. The van der Waals surface area contributed by atoms with Gasteiger partial charge in [-0.1, -0.05) is 23.7 Å². The van der Waals surface area contributed by atoms with Crippen LogP contribution in [0.5, 0.6) is 0 Å². The standard InChI is InChI=1S/C17H13ClN4O3/c1-11-5-6-14(22(24)25)10-15(11)17(23)20-16-7-8-19-21(16)13-4-2-3-12(18)9-13/h2-10H,1H3,(H,20,23). The molecule has 0 aliphatic carbocycles. The zero-order valence-electron chi connectivity index (χ0n) is 13.1. The summed E-state index contributed by atoms with van der Waals surface area (Å²) >= 11 is 5.99. The van der Waals surface area contributed by atoms with Gasteiger partial charge in [0.1, 0.15) is 5.82 Å². The molecule has 0 bridgehead atoms. The second kappa shape index (κ2) is 6.74. The number of anilines is 1. The molecule has 2 aromatic carbocycles. The summed E-state index contributed by atoms with van der Waals surface area (Å²) < 4.78 is 1.52. The van der Waals surface area contributed by atoms with E-state index in [1.54, 1.807) is 43.3 Å². The van der Waals surface area contributed by atoms with Gasteiger partial charge in [-0.05, 0) is 30.7 Å². The molecule has 1 N–H and O–H groups in total. The van der Waals surface area contributed by atoms with Crippen LogP contribution in [0.2, 0.25) is 5.02 Å². The van der Waals surface area contributed by atoms with E-state index >= 15 is 0 Å². The number of aromatic nitrogens is 2. The predicted molar refractivity (Wildman–Crippen MR) is 94.4 cm³/mol. The highest BCUT2D eigenvalue weighted by atomic mass is 35.5. The number of nitro benzene ring substituents is 1. The first-order valence-corrected chi connectivity index (χ1v) is 7.70. The van der Waals surface area contributed by atoms with Crippen LogP contribution in [0, 0.1) is 17.0 Å². The molecule has 7 nitrogen and oxygen atoms in total. The smallest absolute Gasteiger partial charge is 0.270 e. The zero-order valence-corrected chi connectivity index (χ0v) is 13.9. The number of non-ortho nitro benzene ring substituents is 1. The molecule has 3 aromatic rings. The summed E-state index contributed by atoms with van der Waals surface area (Å²) in [6.07, 6.45) is 1.54. The molecule has 0 aliphatic heterocycles. The van der Waals surface area contributed by atoms with E-state index in [0.29, 0.717) is 22.1 Å². The quantitative estimate of drug-likeness (QED) is 0.565. The third-order valence-corrected chi connectivity index (χ3v) is 3.85. The minimum absolute atomic E-state index is 0.140. The van der Waals surface area contributed by atoms with E-state index in [2.05, 4.69) is 10.4 Å². The molecule has 0 aliphatic rings. The maximum absolute atomic E-state index is 12.6. The topological polar surface area (TPSA) is 90.1 Å². The average molecular weight is 357 g/mol. The Morgan fingerprint density at radius 3 is 2.76 bits per heavy atom. The van der Waals surface area contributed by atoms with Crippen molar-refractivity contribution in [3.63, 3.8) is 0 Å². The number of nitrogens with zero attached hydrogens (tertiary/aromatic N) is 3. The highest BCUT2D eigenvalue weighted by Crippen LogP contribution is 2.21. The van der Waals surface area contributed by atoms with Crippen LogP contribution in [0.3, 0.4) is 0 Å². The number of nitro groups is 1. The van der Waals surface area contributed by atoms with Gasteiger partial charge in [0.15, 0.2) is 0 Å². The highest BCUT2D eigenvalue weighted by Gasteiger charge is 2.16. The van der Waals surface area contributed by atoms with Crippen LogP contribution in [-0.2, 0) is 0 Å². The first-order valence-electron chi connectivity index (χ1n) is 7.32. The number of benzene rings is 2. The second-order valence-corrected chi connectivity index (χ2v) is 5.76. The zero-order chi connectivity index (χ0) is 18.0. The fourth-order valence-electron chi connectivity index (χ4n) is 2.36. The predicted octanol–water partition coefficient (Wildman–Crippen LogP) is 3.99. The van der Waals surface area contributed by atoms with Crippen LogP contribution in [0.15, 0.2) is 54.7 Å². The minimum atomic E-state index is -0.535. The van der Waals surface area contributed by atoms with Crippen molar-refractivity contribution >= 4 is 29.0 Å². The number of amides is 1. The van der Waals surface area contributed by atoms with E-state index in [1.165, 1.54) is 23.0 Å². The third-order valence-electron chi connectivity index (χ3n) is 3.61. The van der Waals surface area contributed by atoms with Gasteiger partial charge in [0.25, 0.3) is 11.6 Å². The number of hydrogen-bond donors (Lipinski definition) is 1. The molecule has 0 fully saturated rings. The number of nitrogens with one attached hydrogen (secondary N) is 1. The third kappa shape index (κ3) is 3.51. The van der Waals surface area contributed by atoms with Crippen molar-refractivity contribution in [1.82, 2.24) is 9.78 Å². The summed E-state index contributed by atoms with van der Waals surface area (Å²) in [7, 11) is 0. The van der Waals surface area contributed by atoms with Crippen LogP contribution >= 0.6 is 11.6 Å². The fraction of sp³-hybridized carbons (Fsp3) is 0.0588. The lowest BCUT2D eigenvalue weighted by molar-refractivity contribution is -0.384. The van der Waals surface area contributed by atoms with E-state index < -0.39 is 10.8 Å².